The minimum Gasteiger partial charge on any atom is -0.465 e. The Hall–Kier alpha value is -2.57. The third kappa shape index (κ3) is 9.94. The van der Waals surface area contributed by atoms with E-state index in [1.807, 2.05) is 37.3 Å². The van der Waals surface area contributed by atoms with E-state index in [1.54, 1.807) is 27.7 Å². The molecule has 1 rings (SSSR count). The van der Waals surface area contributed by atoms with Gasteiger partial charge in [-0.15, -0.1) is 0 Å². The summed E-state index contributed by atoms with van der Waals surface area (Å²) < 4.78 is 15.6. The molecule has 7 heteroatoms. The molecule has 0 heterocycles. The van der Waals surface area contributed by atoms with Gasteiger partial charge in [0.2, 0.25) is 0 Å². The zero-order valence-corrected chi connectivity index (χ0v) is 17.4. The molecule has 1 amide bonds. The van der Waals surface area contributed by atoms with Crippen LogP contribution in [-0.2, 0) is 30.4 Å². The molecule has 0 saturated heterocycles. The van der Waals surface area contributed by atoms with Crippen molar-refractivity contribution in [3.05, 3.63) is 35.9 Å². The van der Waals surface area contributed by atoms with Crippen molar-refractivity contribution in [1.82, 2.24) is 4.90 Å². The molecule has 1 atom stereocenters. The maximum absolute atomic E-state index is 12.5. The Bertz CT molecular complexity index is 638. The van der Waals surface area contributed by atoms with Crippen molar-refractivity contribution < 1.29 is 28.6 Å². The maximum atomic E-state index is 12.5. The van der Waals surface area contributed by atoms with Gasteiger partial charge in [-0.05, 0) is 39.2 Å². The Morgan fingerprint density at radius 1 is 1.04 bits per heavy atom. The van der Waals surface area contributed by atoms with Crippen LogP contribution in [0.25, 0.3) is 0 Å². The number of ether oxygens (including phenoxy) is 3. The van der Waals surface area contributed by atoms with Crippen LogP contribution in [-0.4, -0.2) is 48.2 Å². The van der Waals surface area contributed by atoms with E-state index in [0.29, 0.717) is 0 Å². The van der Waals surface area contributed by atoms with Crippen molar-refractivity contribution in [2.45, 2.75) is 53.2 Å². The molecule has 156 valence electrons. The minimum absolute atomic E-state index is 0.0967. The summed E-state index contributed by atoms with van der Waals surface area (Å²) in [5.74, 6) is -1.09. The van der Waals surface area contributed by atoms with Crippen molar-refractivity contribution in [3.63, 3.8) is 0 Å². The zero-order chi connectivity index (χ0) is 21.2. The largest absolute Gasteiger partial charge is 0.465 e. The lowest BCUT2D eigenvalue weighted by molar-refractivity contribution is -0.155. The predicted molar refractivity (Wildman–Crippen MR) is 104 cm³/mol. The Morgan fingerprint density at radius 2 is 1.68 bits per heavy atom. The highest BCUT2D eigenvalue weighted by Crippen LogP contribution is 2.14. The molecule has 28 heavy (non-hydrogen) atoms. The predicted octanol–water partition coefficient (Wildman–Crippen LogP) is 3.56. The fourth-order valence-electron chi connectivity index (χ4n) is 2.49. The standard InChI is InChI=1S/C21H31NO6/c1-6-26-19(24)14-22(13-16(2)12-18(23)28-21(3,4)5)20(25)27-15-17-10-8-7-9-11-17/h7-11,16H,6,12-15H2,1-5H3. The summed E-state index contributed by atoms with van der Waals surface area (Å²) >= 11 is 0. The van der Waals surface area contributed by atoms with Gasteiger partial charge in [0.1, 0.15) is 18.8 Å². The van der Waals surface area contributed by atoms with Gasteiger partial charge in [0.25, 0.3) is 0 Å². The van der Waals surface area contributed by atoms with E-state index in [-0.39, 0.29) is 44.6 Å². The summed E-state index contributed by atoms with van der Waals surface area (Å²) in [6.07, 6.45) is -0.504. The fraction of sp³-hybridized carbons (Fsp3) is 0.571. The molecule has 0 aliphatic carbocycles. The first kappa shape index (κ1) is 23.5. The number of nitrogens with zero attached hydrogens (tertiary/aromatic N) is 1. The molecule has 0 radical (unpaired) electrons. The van der Waals surface area contributed by atoms with Gasteiger partial charge in [0.05, 0.1) is 6.61 Å². The highest BCUT2D eigenvalue weighted by Gasteiger charge is 2.24. The van der Waals surface area contributed by atoms with E-state index < -0.39 is 17.7 Å². The normalized spacial score (nSPS) is 12.0. The molecule has 0 aliphatic rings. The SMILES string of the molecule is CCOC(=O)CN(CC(C)CC(=O)OC(C)(C)C)C(=O)OCc1ccccc1. The number of hydrogen-bond donors (Lipinski definition) is 0. The average Bonchev–Trinajstić information content (AvgIpc) is 2.58. The molecule has 0 spiro atoms. The molecular weight excluding hydrogens is 362 g/mol. The molecule has 0 bridgehead atoms. The first-order valence-electron chi connectivity index (χ1n) is 9.43. The van der Waals surface area contributed by atoms with E-state index in [4.69, 9.17) is 14.2 Å². The van der Waals surface area contributed by atoms with Gasteiger partial charge in [-0.2, -0.15) is 0 Å². The Morgan fingerprint density at radius 3 is 2.25 bits per heavy atom. The van der Waals surface area contributed by atoms with Crippen molar-refractivity contribution in [2.24, 2.45) is 5.92 Å². The van der Waals surface area contributed by atoms with E-state index in [0.717, 1.165) is 5.56 Å². The molecule has 0 saturated carbocycles. The number of benzene rings is 1. The number of carbonyl (C=O) groups is 3. The summed E-state index contributed by atoms with van der Waals surface area (Å²) in [7, 11) is 0. The molecule has 1 aromatic rings. The van der Waals surface area contributed by atoms with Crippen LogP contribution in [0.4, 0.5) is 4.79 Å². The number of carbonyl (C=O) groups excluding carboxylic acids is 3. The van der Waals surface area contributed by atoms with Crippen LogP contribution < -0.4 is 0 Å². The maximum Gasteiger partial charge on any atom is 0.410 e. The van der Waals surface area contributed by atoms with Crippen LogP contribution in [0, 0.1) is 5.92 Å². The Kier molecular flexibility index (Phi) is 9.48. The number of amides is 1. The fourth-order valence-corrected chi connectivity index (χ4v) is 2.49. The van der Waals surface area contributed by atoms with Crippen molar-refractivity contribution in [2.75, 3.05) is 19.7 Å². The van der Waals surface area contributed by atoms with Crippen LogP contribution in [0.1, 0.15) is 46.6 Å². The van der Waals surface area contributed by atoms with Gasteiger partial charge >= 0.3 is 18.0 Å². The third-order valence-electron chi connectivity index (χ3n) is 3.56. The van der Waals surface area contributed by atoms with Crippen molar-refractivity contribution >= 4 is 18.0 Å². The van der Waals surface area contributed by atoms with E-state index in [1.165, 1.54) is 4.90 Å². The third-order valence-corrected chi connectivity index (χ3v) is 3.56. The number of rotatable bonds is 9. The summed E-state index contributed by atoms with van der Waals surface area (Å²) in [6.45, 7) is 9.15. The lowest BCUT2D eigenvalue weighted by Crippen LogP contribution is -2.40. The van der Waals surface area contributed by atoms with Crippen molar-refractivity contribution in [1.29, 1.82) is 0 Å². The average molecular weight is 393 g/mol. The monoisotopic (exact) mass is 393 g/mol. The number of esters is 2. The summed E-state index contributed by atoms with van der Waals surface area (Å²) in [4.78, 5) is 37.6. The lowest BCUT2D eigenvalue weighted by atomic mass is 10.1. The van der Waals surface area contributed by atoms with E-state index in [2.05, 4.69) is 0 Å². The van der Waals surface area contributed by atoms with Gasteiger partial charge in [0, 0.05) is 13.0 Å². The van der Waals surface area contributed by atoms with Crippen LogP contribution in [0.15, 0.2) is 30.3 Å². The highest BCUT2D eigenvalue weighted by molar-refractivity contribution is 5.78. The minimum atomic E-state index is -0.632. The van der Waals surface area contributed by atoms with Gasteiger partial charge in [-0.3, -0.25) is 14.5 Å². The summed E-state index contributed by atoms with van der Waals surface area (Å²) in [6, 6.07) is 9.25. The second-order valence-electron chi connectivity index (χ2n) is 7.62. The molecule has 0 N–H and O–H groups in total. The van der Waals surface area contributed by atoms with E-state index in [9.17, 15) is 14.4 Å². The van der Waals surface area contributed by atoms with Crippen molar-refractivity contribution in [3.8, 4) is 0 Å². The smallest absolute Gasteiger partial charge is 0.410 e. The van der Waals surface area contributed by atoms with Crippen LogP contribution in [0.2, 0.25) is 0 Å². The lowest BCUT2D eigenvalue weighted by Gasteiger charge is -2.25. The first-order chi connectivity index (χ1) is 13.1. The van der Waals surface area contributed by atoms with Gasteiger partial charge in [-0.1, -0.05) is 37.3 Å². The molecule has 0 aliphatic heterocycles. The molecular formula is C21H31NO6. The van der Waals surface area contributed by atoms with Gasteiger partial charge in [0.15, 0.2) is 0 Å². The summed E-state index contributed by atoms with van der Waals surface area (Å²) in [5.41, 5.74) is 0.268. The second kappa shape index (κ2) is 11.3. The second-order valence-corrected chi connectivity index (χ2v) is 7.62. The van der Waals surface area contributed by atoms with Crippen LogP contribution >= 0.6 is 0 Å². The highest BCUT2D eigenvalue weighted by atomic mass is 16.6. The van der Waals surface area contributed by atoms with Gasteiger partial charge < -0.3 is 14.2 Å². The molecule has 7 nitrogen and oxygen atoms in total. The molecule has 1 unspecified atom stereocenters. The van der Waals surface area contributed by atoms with Crippen LogP contribution in [0.3, 0.4) is 0 Å². The van der Waals surface area contributed by atoms with Crippen LogP contribution in [0.5, 0.6) is 0 Å². The summed E-state index contributed by atoms with van der Waals surface area (Å²) in [5, 5.41) is 0. The zero-order valence-electron chi connectivity index (χ0n) is 17.4. The van der Waals surface area contributed by atoms with Gasteiger partial charge in [-0.25, -0.2) is 4.79 Å². The topological polar surface area (TPSA) is 82.1 Å². The quantitative estimate of drug-likeness (QED) is 0.471. The molecule has 1 aromatic carbocycles. The Balaban J connectivity index is 2.68. The first-order valence-corrected chi connectivity index (χ1v) is 9.43. The Labute approximate surface area is 166 Å². The molecule has 0 aromatic heterocycles. The van der Waals surface area contributed by atoms with E-state index >= 15 is 0 Å². The molecule has 0 fully saturated rings. The number of hydrogen-bond acceptors (Lipinski definition) is 6.